The molecule has 2 unspecified atom stereocenters. The molecule has 2 rings (SSSR count). The summed E-state index contributed by atoms with van der Waals surface area (Å²) >= 11 is 0. The van der Waals surface area contributed by atoms with Crippen LogP contribution in [0.15, 0.2) is 18.7 Å². The second-order valence-electron chi connectivity index (χ2n) is 3.98. The van der Waals surface area contributed by atoms with Gasteiger partial charge in [0.2, 0.25) is 0 Å². The normalized spacial score (nSPS) is 26.1. The first kappa shape index (κ1) is 10.0. The number of carbonyl (C=O) groups is 1. The van der Waals surface area contributed by atoms with Gasteiger partial charge in [0.25, 0.3) is 0 Å². The summed E-state index contributed by atoms with van der Waals surface area (Å²) in [7, 11) is 0. The highest BCUT2D eigenvalue weighted by molar-refractivity contribution is 5.64. The van der Waals surface area contributed by atoms with Crippen molar-refractivity contribution >= 4 is 6.09 Å². The Bertz CT molecular complexity index is 323. The highest BCUT2D eigenvalue weighted by Crippen LogP contribution is 2.28. The lowest BCUT2D eigenvalue weighted by atomic mass is 9.91. The number of aromatic nitrogens is 2. The summed E-state index contributed by atoms with van der Waals surface area (Å²) in [6.07, 6.45) is 8.55. The van der Waals surface area contributed by atoms with Gasteiger partial charge >= 0.3 is 6.09 Å². The third kappa shape index (κ3) is 2.49. The molecule has 1 fully saturated rings. The third-order valence-electron chi connectivity index (χ3n) is 2.92. The van der Waals surface area contributed by atoms with Crippen molar-refractivity contribution in [2.24, 2.45) is 0 Å². The van der Waals surface area contributed by atoms with E-state index in [4.69, 9.17) is 5.11 Å². The highest BCUT2D eigenvalue weighted by Gasteiger charge is 2.23. The van der Waals surface area contributed by atoms with Crippen molar-refractivity contribution < 1.29 is 9.90 Å². The van der Waals surface area contributed by atoms with Crippen LogP contribution in [0.5, 0.6) is 0 Å². The number of carboxylic acid groups (broad SMARTS) is 1. The van der Waals surface area contributed by atoms with E-state index in [1.807, 2.05) is 6.20 Å². The number of amides is 1. The molecule has 5 nitrogen and oxygen atoms in total. The predicted octanol–water partition coefficient (Wildman–Crippen LogP) is 1.63. The van der Waals surface area contributed by atoms with Crippen molar-refractivity contribution in [2.45, 2.75) is 37.8 Å². The van der Waals surface area contributed by atoms with Crippen molar-refractivity contribution in [3.8, 4) is 0 Å². The van der Waals surface area contributed by atoms with Gasteiger partial charge in [-0.05, 0) is 25.7 Å². The Morgan fingerprint density at radius 1 is 1.53 bits per heavy atom. The van der Waals surface area contributed by atoms with E-state index in [0.29, 0.717) is 6.04 Å². The minimum absolute atomic E-state index is 0.0867. The molecule has 82 valence electrons. The number of nitrogens with zero attached hydrogens (tertiary/aromatic N) is 2. The molecule has 2 N–H and O–H groups in total. The molecule has 0 aliphatic heterocycles. The number of rotatable bonds is 2. The molecule has 1 aliphatic carbocycles. The molecule has 2 atom stereocenters. The van der Waals surface area contributed by atoms with Crippen molar-refractivity contribution in [1.29, 1.82) is 0 Å². The van der Waals surface area contributed by atoms with Crippen LogP contribution in [-0.4, -0.2) is 26.8 Å². The fourth-order valence-electron chi connectivity index (χ4n) is 2.23. The van der Waals surface area contributed by atoms with Crippen LogP contribution in [0.3, 0.4) is 0 Å². The second-order valence-corrected chi connectivity index (χ2v) is 3.98. The molecule has 1 amide bonds. The van der Waals surface area contributed by atoms with Gasteiger partial charge in [0.05, 0.1) is 6.33 Å². The molecule has 1 aliphatic rings. The fourth-order valence-corrected chi connectivity index (χ4v) is 2.23. The van der Waals surface area contributed by atoms with Gasteiger partial charge in [0.15, 0.2) is 0 Å². The molecule has 0 spiro atoms. The topological polar surface area (TPSA) is 67.2 Å². The average Bonchev–Trinajstić information content (AvgIpc) is 2.69. The summed E-state index contributed by atoms with van der Waals surface area (Å²) in [5.74, 6) is 0. The number of imidazole rings is 1. The average molecular weight is 209 g/mol. The summed E-state index contributed by atoms with van der Waals surface area (Å²) in [5.41, 5.74) is 0. The summed E-state index contributed by atoms with van der Waals surface area (Å²) in [4.78, 5) is 14.5. The van der Waals surface area contributed by atoms with Crippen LogP contribution < -0.4 is 5.32 Å². The smallest absolute Gasteiger partial charge is 0.404 e. The fraction of sp³-hybridized carbons (Fsp3) is 0.600. The van der Waals surface area contributed by atoms with Crippen molar-refractivity contribution in [2.75, 3.05) is 0 Å². The Labute approximate surface area is 88.1 Å². The van der Waals surface area contributed by atoms with E-state index in [1.54, 1.807) is 12.5 Å². The maximum atomic E-state index is 10.5. The zero-order valence-corrected chi connectivity index (χ0v) is 8.47. The van der Waals surface area contributed by atoms with Crippen LogP contribution >= 0.6 is 0 Å². The van der Waals surface area contributed by atoms with E-state index >= 15 is 0 Å². The molecule has 0 radical (unpaired) electrons. The minimum Gasteiger partial charge on any atom is -0.465 e. The molecule has 1 heterocycles. The molecule has 15 heavy (non-hydrogen) atoms. The van der Waals surface area contributed by atoms with Crippen molar-refractivity contribution in [3.63, 3.8) is 0 Å². The van der Waals surface area contributed by atoms with Crippen LogP contribution in [0.2, 0.25) is 0 Å². The van der Waals surface area contributed by atoms with Crippen LogP contribution in [0.1, 0.15) is 31.7 Å². The third-order valence-corrected chi connectivity index (χ3v) is 2.92. The monoisotopic (exact) mass is 209 g/mol. The van der Waals surface area contributed by atoms with Crippen molar-refractivity contribution in [3.05, 3.63) is 18.7 Å². The van der Waals surface area contributed by atoms with Gasteiger partial charge in [-0.25, -0.2) is 9.78 Å². The van der Waals surface area contributed by atoms with E-state index in [1.165, 1.54) is 0 Å². The SMILES string of the molecule is O=C(O)NC1CCCC(n2ccnc2)C1. The lowest BCUT2D eigenvalue weighted by Crippen LogP contribution is -2.37. The Morgan fingerprint density at radius 3 is 3.07 bits per heavy atom. The largest absolute Gasteiger partial charge is 0.465 e. The molecule has 0 aromatic carbocycles. The Hall–Kier alpha value is -1.52. The maximum Gasteiger partial charge on any atom is 0.404 e. The quantitative estimate of drug-likeness (QED) is 0.778. The minimum atomic E-state index is -0.925. The van der Waals surface area contributed by atoms with E-state index in [2.05, 4.69) is 14.9 Å². The molecule has 1 saturated carbocycles. The van der Waals surface area contributed by atoms with Gasteiger partial charge in [-0.3, -0.25) is 0 Å². The summed E-state index contributed by atoms with van der Waals surface area (Å²) in [6, 6.07) is 0.474. The lowest BCUT2D eigenvalue weighted by Gasteiger charge is -2.29. The van der Waals surface area contributed by atoms with Crippen LogP contribution in [0.4, 0.5) is 4.79 Å². The van der Waals surface area contributed by atoms with E-state index in [-0.39, 0.29) is 6.04 Å². The second kappa shape index (κ2) is 4.33. The van der Waals surface area contributed by atoms with Crippen LogP contribution in [-0.2, 0) is 0 Å². The van der Waals surface area contributed by atoms with Gasteiger partial charge < -0.3 is 15.0 Å². The van der Waals surface area contributed by atoms with E-state index in [9.17, 15) is 4.79 Å². The Kier molecular flexibility index (Phi) is 2.89. The molecule has 1 aromatic rings. The molecule has 5 heteroatoms. The summed E-state index contributed by atoms with van der Waals surface area (Å²) < 4.78 is 2.07. The predicted molar refractivity (Wildman–Crippen MR) is 54.7 cm³/mol. The molecule has 1 aromatic heterocycles. The van der Waals surface area contributed by atoms with E-state index in [0.717, 1.165) is 25.7 Å². The Morgan fingerprint density at radius 2 is 2.40 bits per heavy atom. The van der Waals surface area contributed by atoms with Gasteiger partial charge in [-0.1, -0.05) is 0 Å². The number of hydrogen-bond acceptors (Lipinski definition) is 2. The van der Waals surface area contributed by atoms with Gasteiger partial charge in [0.1, 0.15) is 0 Å². The lowest BCUT2D eigenvalue weighted by molar-refractivity contribution is 0.181. The van der Waals surface area contributed by atoms with Crippen LogP contribution in [0, 0.1) is 0 Å². The molecule has 0 bridgehead atoms. The van der Waals surface area contributed by atoms with Gasteiger partial charge in [0, 0.05) is 24.5 Å². The first-order valence-corrected chi connectivity index (χ1v) is 5.22. The molecule has 0 saturated heterocycles. The standard InChI is InChI=1S/C10H15N3O2/c14-10(15)12-8-2-1-3-9(6-8)13-5-4-11-7-13/h4-5,7-9,12H,1-3,6H2,(H,14,15). The number of nitrogens with one attached hydrogen (secondary N) is 1. The highest BCUT2D eigenvalue weighted by atomic mass is 16.4. The Balaban J connectivity index is 1.95. The van der Waals surface area contributed by atoms with Gasteiger partial charge in [-0.15, -0.1) is 0 Å². The first-order chi connectivity index (χ1) is 7.25. The van der Waals surface area contributed by atoms with E-state index < -0.39 is 6.09 Å². The number of hydrogen-bond donors (Lipinski definition) is 2. The zero-order chi connectivity index (χ0) is 10.7. The molecular formula is C10H15N3O2. The van der Waals surface area contributed by atoms with Crippen molar-refractivity contribution in [1.82, 2.24) is 14.9 Å². The van der Waals surface area contributed by atoms with Gasteiger partial charge in [-0.2, -0.15) is 0 Å². The first-order valence-electron chi connectivity index (χ1n) is 5.22. The zero-order valence-electron chi connectivity index (χ0n) is 8.47. The van der Waals surface area contributed by atoms with Crippen LogP contribution in [0.25, 0.3) is 0 Å². The molecular weight excluding hydrogens is 194 g/mol. The maximum absolute atomic E-state index is 10.5. The summed E-state index contributed by atoms with van der Waals surface area (Å²) in [5, 5.41) is 11.2. The summed E-state index contributed by atoms with van der Waals surface area (Å²) in [6.45, 7) is 0.